The van der Waals surface area contributed by atoms with E-state index in [2.05, 4.69) is 10.3 Å². The molecule has 1 aromatic heterocycles. The number of ether oxygens (including phenoxy) is 1. The predicted molar refractivity (Wildman–Crippen MR) is 128 cm³/mol. The maximum absolute atomic E-state index is 14.4. The van der Waals surface area contributed by atoms with Gasteiger partial charge >= 0.3 is 0 Å². The third-order valence-corrected chi connectivity index (χ3v) is 7.90. The van der Waals surface area contributed by atoms with Gasteiger partial charge in [-0.15, -0.1) is 11.3 Å². The molecule has 33 heavy (non-hydrogen) atoms. The Morgan fingerprint density at radius 3 is 2.48 bits per heavy atom. The van der Waals surface area contributed by atoms with Crippen LogP contribution in [-0.2, 0) is 21.2 Å². The molecule has 0 unspecified atom stereocenters. The molecule has 1 amide bonds. The van der Waals surface area contributed by atoms with Crippen molar-refractivity contribution in [3.8, 4) is 11.3 Å². The fraction of sp³-hybridized carbons (Fsp3) is 0.304. The van der Waals surface area contributed by atoms with Crippen LogP contribution >= 0.6 is 11.3 Å². The van der Waals surface area contributed by atoms with E-state index < -0.39 is 21.7 Å². The Bertz CT molecular complexity index is 1210. The van der Waals surface area contributed by atoms with Crippen molar-refractivity contribution in [3.05, 3.63) is 64.8 Å². The third-order valence-electron chi connectivity index (χ3n) is 5.09. The molecule has 7 nitrogen and oxygen atoms in total. The topological polar surface area (TPSA) is 88.6 Å². The van der Waals surface area contributed by atoms with E-state index in [4.69, 9.17) is 4.74 Å². The molecule has 3 rings (SSSR count). The Kier molecular flexibility index (Phi) is 8.30. The predicted octanol–water partition coefficient (Wildman–Crippen LogP) is 4.42. The number of benzene rings is 2. The second-order valence-electron chi connectivity index (χ2n) is 7.16. The molecule has 0 bridgehead atoms. The molecule has 3 aromatic rings. The molecule has 0 radical (unpaired) electrons. The van der Waals surface area contributed by atoms with Crippen molar-refractivity contribution in [1.82, 2.24) is 9.29 Å². The lowest BCUT2D eigenvalue weighted by Crippen LogP contribution is -2.31. The van der Waals surface area contributed by atoms with Gasteiger partial charge in [-0.25, -0.2) is 17.8 Å². The van der Waals surface area contributed by atoms with Crippen LogP contribution in [0.1, 0.15) is 29.8 Å². The summed E-state index contributed by atoms with van der Waals surface area (Å²) in [4.78, 5) is 17.0. The highest BCUT2D eigenvalue weighted by atomic mass is 32.2. The van der Waals surface area contributed by atoms with Gasteiger partial charge in [0.2, 0.25) is 10.0 Å². The monoisotopic (exact) mass is 491 g/mol. The van der Waals surface area contributed by atoms with Gasteiger partial charge in [-0.3, -0.25) is 10.1 Å². The Morgan fingerprint density at radius 2 is 1.85 bits per heavy atom. The van der Waals surface area contributed by atoms with Gasteiger partial charge in [-0.05, 0) is 30.2 Å². The molecule has 0 spiro atoms. The molecule has 176 valence electrons. The van der Waals surface area contributed by atoms with E-state index in [1.165, 1.54) is 15.6 Å². The number of anilines is 1. The van der Waals surface area contributed by atoms with E-state index in [0.717, 1.165) is 35.7 Å². The van der Waals surface area contributed by atoms with Gasteiger partial charge in [-0.1, -0.05) is 38.1 Å². The molecule has 1 heterocycles. The summed E-state index contributed by atoms with van der Waals surface area (Å²) in [6.07, 6.45) is 0.809. The molecule has 0 saturated carbocycles. The Hall–Kier alpha value is -2.66. The van der Waals surface area contributed by atoms with E-state index in [-0.39, 0.29) is 28.7 Å². The van der Waals surface area contributed by atoms with E-state index in [1.54, 1.807) is 26.3 Å². The van der Waals surface area contributed by atoms with Gasteiger partial charge in [0.1, 0.15) is 5.82 Å². The fourth-order valence-electron chi connectivity index (χ4n) is 3.24. The van der Waals surface area contributed by atoms with Crippen molar-refractivity contribution < 1.29 is 22.3 Å². The first-order valence-corrected chi connectivity index (χ1v) is 12.8. The van der Waals surface area contributed by atoms with Crippen LogP contribution in [0.15, 0.2) is 52.7 Å². The number of carbonyl (C=O) groups excluding carboxylic acids is 1. The summed E-state index contributed by atoms with van der Waals surface area (Å²) in [7, 11) is -2.16. The number of hydrogen-bond donors (Lipinski definition) is 1. The van der Waals surface area contributed by atoms with E-state index in [1.807, 2.05) is 24.3 Å². The Labute approximate surface area is 197 Å². The average molecular weight is 492 g/mol. The van der Waals surface area contributed by atoms with Crippen molar-refractivity contribution in [3.63, 3.8) is 0 Å². The summed E-state index contributed by atoms with van der Waals surface area (Å²) in [5.41, 5.74) is 2.33. The van der Waals surface area contributed by atoms with Crippen molar-refractivity contribution >= 4 is 32.4 Å². The standard InChI is InChI=1S/C23H26FN3O4S2/c1-4-27(5-2)33(29,30)18-10-11-20(24)19(14-18)22(28)26-23-25-21(15-32-23)17-8-6-16(7-9-17)12-13-31-3/h6-11,14-15H,4-5,12-13H2,1-3H3,(H,25,26,28). The van der Waals surface area contributed by atoms with E-state index >= 15 is 0 Å². The number of hydrogen-bond acceptors (Lipinski definition) is 6. The first-order chi connectivity index (χ1) is 15.8. The largest absolute Gasteiger partial charge is 0.384 e. The Morgan fingerprint density at radius 1 is 1.15 bits per heavy atom. The zero-order valence-electron chi connectivity index (χ0n) is 18.7. The number of aromatic nitrogens is 1. The molecular weight excluding hydrogens is 465 g/mol. The fourth-order valence-corrected chi connectivity index (χ4v) is 5.44. The van der Waals surface area contributed by atoms with Crippen LogP contribution in [0.25, 0.3) is 11.3 Å². The molecule has 1 N–H and O–H groups in total. The maximum Gasteiger partial charge on any atom is 0.260 e. The van der Waals surface area contributed by atoms with Crippen molar-refractivity contribution in [2.75, 3.05) is 32.1 Å². The van der Waals surface area contributed by atoms with Crippen LogP contribution < -0.4 is 5.32 Å². The number of halogens is 1. The first-order valence-electron chi connectivity index (χ1n) is 10.4. The number of thiazole rings is 1. The van der Waals surface area contributed by atoms with Crippen LogP contribution in [0.2, 0.25) is 0 Å². The van der Waals surface area contributed by atoms with Crippen LogP contribution in [0.4, 0.5) is 9.52 Å². The third kappa shape index (κ3) is 5.83. The quantitative estimate of drug-likeness (QED) is 0.454. The summed E-state index contributed by atoms with van der Waals surface area (Å²) in [6.45, 7) is 4.61. The zero-order valence-corrected chi connectivity index (χ0v) is 20.3. The van der Waals surface area contributed by atoms with Crippen LogP contribution in [-0.4, -0.2) is 50.4 Å². The maximum atomic E-state index is 14.4. The summed E-state index contributed by atoms with van der Waals surface area (Å²) in [5.74, 6) is -1.57. The van der Waals surface area contributed by atoms with Gasteiger partial charge < -0.3 is 4.74 Å². The highest BCUT2D eigenvalue weighted by molar-refractivity contribution is 7.89. The smallest absolute Gasteiger partial charge is 0.260 e. The molecule has 0 saturated heterocycles. The molecule has 0 aliphatic rings. The summed E-state index contributed by atoms with van der Waals surface area (Å²) < 4.78 is 46.2. The van der Waals surface area contributed by atoms with Crippen LogP contribution in [0.5, 0.6) is 0 Å². The van der Waals surface area contributed by atoms with Crippen molar-refractivity contribution in [1.29, 1.82) is 0 Å². The van der Waals surface area contributed by atoms with Crippen LogP contribution in [0, 0.1) is 5.82 Å². The lowest BCUT2D eigenvalue weighted by atomic mass is 10.1. The van der Waals surface area contributed by atoms with Gasteiger partial charge in [0, 0.05) is 31.1 Å². The zero-order chi connectivity index (χ0) is 24.0. The van der Waals surface area contributed by atoms with Gasteiger partial charge in [0.25, 0.3) is 5.91 Å². The molecule has 0 fully saturated rings. The number of nitrogens with one attached hydrogen (secondary N) is 1. The molecule has 2 aromatic carbocycles. The molecule has 10 heteroatoms. The van der Waals surface area contributed by atoms with E-state index in [0.29, 0.717) is 12.3 Å². The van der Waals surface area contributed by atoms with Gasteiger partial charge in [0.05, 0.1) is 22.8 Å². The van der Waals surface area contributed by atoms with Crippen molar-refractivity contribution in [2.24, 2.45) is 0 Å². The lowest BCUT2D eigenvalue weighted by Gasteiger charge is -2.18. The summed E-state index contributed by atoms with van der Waals surface area (Å²) in [6, 6.07) is 11.1. The molecule has 0 aliphatic carbocycles. The minimum atomic E-state index is -3.82. The van der Waals surface area contributed by atoms with Crippen LogP contribution in [0.3, 0.4) is 0 Å². The minimum absolute atomic E-state index is 0.133. The highest BCUT2D eigenvalue weighted by Crippen LogP contribution is 2.26. The Balaban J connectivity index is 1.78. The summed E-state index contributed by atoms with van der Waals surface area (Å²) >= 11 is 1.20. The molecule has 0 atom stereocenters. The number of methoxy groups -OCH3 is 1. The van der Waals surface area contributed by atoms with E-state index in [9.17, 15) is 17.6 Å². The second kappa shape index (κ2) is 11.0. The SMILES string of the molecule is CCN(CC)S(=O)(=O)c1ccc(F)c(C(=O)Nc2nc(-c3ccc(CCOC)cc3)cs2)c1. The lowest BCUT2D eigenvalue weighted by molar-refractivity contribution is 0.102. The molecular formula is C23H26FN3O4S2. The highest BCUT2D eigenvalue weighted by Gasteiger charge is 2.24. The number of rotatable bonds is 10. The second-order valence-corrected chi connectivity index (χ2v) is 9.96. The first kappa shape index (κ1) is 25.0. The summed E-state index contributed by atoms with van der Waals surface area (Å²) in [5, 5.41) is 4.64. The number of sulfonamides is 1. The normalized spacial score (nSPS) is 11.7. The average Bonchev–Trinajstić information content (AvgIpc) is 3.27. The number of amides is 1. The minimum Gasteiger partial charge on any atom is -0.384 e. The van der Waals surface area contributed by atoms with Gasteiger partial charge in [-0.2, -0.15) is 4.31 Å². The van der Waals surface area contributed by atoms with Crippen molar-refractivity contribution in [2.45, 2.75) is 25.2 Å². The number of nitrogens with zero attached hydrogens (tertiary/aromatic N) is 2. The van der Waals surface area contributed by atoms with Gasteiger partial charge in [0.15, 0.2) is 5.13 Å². The molecule has 0 aliphatic heterocycles. The number of carbonyl (C=O) groups is 1.